The molecule has 1 amide bonds. The molecular weight excluding hydrogens is 364 g/mol. The monoisotopic (exact) mass is 388 g/mol. The van der Waals surface area contributed by atoms with E-state index < -0.39 is 0 Å². The third kappa shape index (κ3) is 6.50. The summed E-state index contributed by atoms with van der Waals surface area (Å²) in [4.78, 5) is 12.2. The molecule has 3 aromatic carbocycles. The Morgan fingerprint density at radius 1 is 0.897 bits per heavy atom. The van der Waals surface area contributed by atoms with Gasteiger partial charge in [-0.1, -0.05) is 37.3 Å². The van der Waals surface area contributed by atoms with Crippen LogP contribution in [0.3, 0.4) is 0 Å². The van der Waals surface area contributed by atoms with Crippen molar-refractivity contribution in [3.05, 3.63) is 95.6 Å². The molecule has 0 radical (unpaired) electrons. The predicted octanol–water partition coefficient (Wildman–Crippen LogP) is 4.82. The summed E-state index contributed by atoms with van der Waals surface area (Å²) < 4.78 is 11.3. The molecule has 5 nitrogen and oxygen atoms in total. The highest BCUT2D eigenvalue weighted by Crippen LogP contribution is 2.14. The number of nitrogens with one attached hydrogen (secondary N) is 1. The van der Waals surface area contributed by atoms with Crippen molar-refractivity contribution in [3.8, 4) is 11.5 Å². The van der Waals surface area contributed by atoms with Gasteiger partial charge in [0.1, 0.15) is 18.1 Å². The maximum absolute atomic E-state index is 12.2. The number of carbonyl (C=O) groups is 1. The van der Waals surface area contributed by atoms with Gasteiger partial charge in [0.25, 0.3) is 5.91 Å². The van der Waals surface area contributed by atoms with Crippen LogP contribution in [-0.4, -0.2) is 18.7 Å². The van der Waals surface area contributed by atoms with Crippen LogP contribution >= 0.6 is 0 Å². The molecule has 3 rings (SSSR count). The first kappa shape index (κ1) is 20.1. The van der Waals surface area contributed by atoms with Crippen LogP contribution in [0.25, 0.3) is 0 Å². The third-order valence-electron chi connectivity index (χ3n) is 4.10. The van der Waals surface area contributed by atoms with E-state index in [-0.39, 0.29) is 5.91 Å². The lowest BCUT2D eigenvalue weighted by molar-refractivity contribution is 0.0955. The molecule has 0 aliphatic heterocycles. The SMILES string of the molecule is CCCOc1ccc(/C=N/NC(=O)c2ccc(OCc3ccccc3)cc2)cc1. The first-order valence-corrected chi connectivity index (χ1v) is 9.57. The normalized spacial score (nSPS) is 10.7. The highest BCUT2D eigenvalue weighted by molar-refractivity contribution is 5.95. The van der Waals surface area contributed by atoms with Crippen LogP contribution in [0.4, 0.5) is 0 Å². The van der Waals surface area contributed by atoms with Gasteiger partial charge in [-0.25, -0.2) is 5.43 Å². The third-order valence-corrected chi connectivity index (χ3v) is 4.10. The quantitative estimate of drug-likeness (QED) is 0.422. The van der Waals surface area contributed by atoms with Crippen LogP contribution in [0, 0.1) is 0 Å². The fourth-order valence-corrected chi connectivity index (χ4v) is 2.54. The first-order valence-electron chi connectivity index (χ1n) is 9.57. The van der Waals surface area contributed by atoms with E-state index in [2.05, 4.69) is 17.5 Å². The zero-order valence-electron chi connectivity index (χ0n) is 16.4. The Morgan fingerprint density at radius 3 is 2.24 bits per heavy atom. The lowest BCUT2D eigenvalue weighted by Gasteiger charge is -2.07. The number of carbonyl (C=O) groups excluding carboxylic acids is 1. The Balaban J connectivity index is 1.48. The molecule has 29 heavy (non-hydrogen) atoms. The van der Waals surface area contributed by atoms with Crippen molar-refractivity contribution >= 4 is 12.1 Å². The zero-order chi connectivity index (χ0) is 20.3. The minimum Gasteiger partial charge on any atom is -0.494 e. The zero-order valence-corrected chi connectivity index (χ0v) is 16.4. The van der Waals surface area contributed by atoms with Crippen molar-refractivity contribution in [2.45, 2.75) is 20.0 Å². The molecule has 1 N–H and O–H groups in total. The lowest BCUT2D eigenvalue weighted by atomic mass is 10.2. The van der Waals surface area contributed by atoms with Gasteiger partial charge in [-0.15, -0.1) is 0 Å². The van der Waals surface area contributed by atoms with Crippen molar-refractivity contribution in [2.75, 3.05) is 6.61 Å². The molecule has 3 aromatic rings. The molecule has 0 aliphatic carbocycles. The summed E-state index contributed by atoms with van der Waals surface area (Å²) >= 11 is 0. The number of rotatable bonds is 9. The fourth-order valence-electron chi connectivity index (χ4n) is 2.54. The second kappa shape index (κ2) is 10.7. The first-order chi connectivity index (χ1) is 14.2. The maximum Gasteiger partial charge on any atom is 0.271 e. The number of hydrogen-bond donors (Lipinski definition) is 1. The second-order valence-electron chi connectivity index (χ2n) is 6.42. The van der Waals surface area contributed by atoms with Crippen molar-refractivity contribution < 1.29 is 14.3 Å². The van der Waals surface area contributed by atoms with Gasteiger partial charge >= 0.3 is 0 Å². The van der Waals surface area contributed by atoms with Crippen LogP contribution in [0.5, 0.6) is 11.5 Å². The van der Waals surface area contributed by atoms with Crippen molar-refractivity contribution in [2.24, 2.45) is 5.10 Å². The topological polar surface area (TPSA) is 59.9 Å². The molecule has 0 unspecified atom stereocenters. The summed E-state index contributed by atoms with van der Waals surface area (Å²) in [7, 11) is 0. The molecule has 0 saturated heterocycles. The Morgan fingerprint density at radius 2 is 1.55 bits per heavy atom. The van der Waals surface area contributed by atoms with E-state index >= 15 is 0 Å². The Labute approximate surface area is 171 Å². The Kier molecular flexibility index (Phi) is 7.41. The average Bonchev–Trinajstić information content (AvgIpc) is 2.78. The maximum atomic E-state index is 12.2. The molecular formula is C24H24N2O3. The summed E-state index contributed by atoms with van der Waals surface area (Å²) in [6.45, 7) is 3.24. The molecule has 0 saturated carbocycles. The molecule has 0 bridgehead atoms. The van der Waals surface area contributed by atoms with E-state index in [4.69, 9.17) is 9.47 Å². The van der Waals surface area contributed by atoms with Crippen molar-refractivity contribution in [3.63, 3.8) is 0 Å². The lowest BCUT2D eigenvalue weighted by Crippen LogP contribution is -2.17. The second-order valence-corrected chi connectivity index (χ2v) is 6.42. The molecule has 148 valence electrons. The van der Waals surface area contributed by atoms with Crippen molar-refractivity contribution in [1.29, 1.82) is 0 Å². The summed E-state index contributed by atoms with van der Waals surface area (Å²) in [5, 5.41) is 4.01. The van der Waals surface area contributed by atoms with Crippen LogP contribution in [0.1, 0.15) is 34.8 Å². The number of nitrogens with zero attached hydrogens (tertiary/aromatic N) is 1. The summed E-state index contributed by atoms with van der Waals surface area (Å²) in [5.41, 5.74) is 5.01. The Hall–Kier alpha value is -3.60. The highest BCUT2D eigenvalue weighted by Gasteiger charge is 2.04. The fraction of sp³-hybridized carbons (Fsp3) is 0.167. The van der Waals surface area contributed by atoms with Crippen LogP contribution in [-0.2, 0) is 6.61 Å². The van der Waals surface area contributed by atoms with Gasteiger partial charge in [0.15, 0.2) is 0 Å². The van der Waals surface area contributed by atoms with Crippen LogP contribution in [0.2, 0.25) is 0 Å². The number of hydrazone groups is 1. The number of ether oxygens (including phenoxy) is 2. The molecule has 5 heteroatoms. The Bertz CT molecular complexity index is 921. The number of amides is 1. The molecule has 0 heterocycles. The average molecular weight is 388 g/mol. The van der Waals surface area contributed by atoms with E-state index in [1.54, 1.807) is 30.5 Å². The van der Waals surface area contributed by atoms with Gasteiger partial charge in [0, 0.05) is 5.56 Å². The molecule has 0 fully saturated rings. The van der Waals surface area contributed by atoms with E-state index in [1.165, 1.54) is 0 Å². The number of hydrogen-bond acceptors (Lipinski definition) is 4. The summed E-state index contributed by atoms with van der Waals surface area (Å²) in [5.74, 6) is 1.25. The van der Waals surface area contributed by atoms with Gasteiger partial charge in [-0.2, -0.15) is 5.10 Å². The molecule has 0 aromatic heterocycles. The van der Waals surface area contributed by atoms with E-state index in [0.717, 1.165) is 23.3 Å². The van der Waals surface area contributed by atoms with E-state index in [9.17, 15) is 4.79 Å². The van der Waals surface area contributed by atoms with Crippen LogP contribution in [0.15, 0.2) is 84.0 Å². The van der Waals surface area contributed by atoms with Gasteiger partial charge in [0.05, 0.1) is 12.8 Å². The number of benzene rings is 3. The molecule has 0 aliphatic rings. The molecule has 0 atom stereocenters. The predicted molar refractivity (Wildman–Crippen MR) is 115 cm³/mol. The minimum absolute atomic E-state index is 0.279. The van der Waals surface area contributed by atoms with E-state index in [1.807, 2.05) is 54.6 Å². The van der Waals surface area contributed by atoms with Crippen LogP contribution < -0.4 is 14.9 Å². The standard InChI is InChI=1S/C24H24N2O3/c1-2-16-28-22-12-8-19(9-13-22)17-25-26-24(27)21-10-14-23(15-11-21)29-18-20-6-4-3-5-7-20/h3-15,17H,2,16,18H2,1H3,(H,26,27)/b25-17+. The minimum atomic E-state index is -0.279. The van der Waals surface area contributed by atoms with Gasteiger partial charge < -0.3 is 9.47 Å². The van der Waals surface area contributed by atoms with Gasteiger partial charge in [-0.3, -0.25) is 4.79 Å². The molecule has 0 spiro atoms. The summed E-state index contributed by atoms with van der Waals surface area (Å²) in [6, 6.07) is 24.4. The smallest absolute Gasteiger partial charge is 0.271 e. The van der Waals surface area contributed by atoms with E-state index in [0.29, 0.717) is 24.5 Å². The largest absolute Gasteiger partial charge is 0.494 e. The van der Waals surface area contributed by atoms with Gasteiger partial charge in [0.2, 0.25) is 0 Å². The summed E-state index contributed by atoms with van der Waals surface area (Å²) in [6.07, 6.45) is 2.56. The van der Waals surface area contributed by atoms with Gasteiger partial charge in [-0.05, 0) is 66.1 Å². The van der Waals surface area contributed by atoms with Crippen molar-refractivity contribution in [1.82, 2.24) is 5.43 Å². The highest BCUT2D eigenvalue weighted by atomic mass is 16.5.